The number of fused-ring (bicyclic) bond motifs is 3. The van der Waals surface area contributed by atoms with Crippen LogP contribution in [0.3, 0.4) is 0 Å². The van der Waals surface area contributed by atoms with E-state index in [1.54, 1.807) is 0 Å². The fraction of sp³-hybridized carbons (Fsp3) is 0.200. The Labute approximate surface area is 195 Å². The van der Waals surface area contributed by atoms with Crippen LogP contribution in [0.5, 0.6) is 0 Å². The molecular weight excluding hydrogens is 438 g/mol. The number of alkyl carbamates (subject to hydrolysis) is 1. The number of benzene rings is 2. The fourth-order valence-corrected chi connectivity index (χ4v) is 3.86. The maximum absolute atomic E-state index is 12.4. The summed E-state index contributed by atoms with van der Waals surface area (Å²) in [5.74, 6) is -1.62. The standard InChI is InChI=1S/C25H23N3O6/c1-15(24(30)31)10-11-26-23(29)21-14-34-28-22(21)12-27-25(32)33-13-20-18-8-4-2-6-16(18)17-7-3-5-9-19(17)20/h2-10,14,20H,11-13H2,1H3,(H,26,29)(H,27,32)(H,30,31)/b15-10+. The first kappa shape index (κ1) is 22.8. The lowest BCUT2D eigenvalue weighted by Crippen LogP contribution is -2.28. The number of hydrogen-bond acceptors (Lipinski definition) is 6. The molecular formula is C25H23N3O6. The Morgan fingerprint density at radius 1 is 1.06 bits per heavy atom. The summed E-state index contributed by atoms with van der Waals surface area (Å²) in [7, 11) is 0. The Bertz CT molecular complexity index is 1220. The van der Waals surface area contributed by atoms with Crippen molar-refractivity contribution in [3.63, 3.8) is 0 Å². The zero-order valence-corrected chi connectivity index (χ0v) is 18.4. The Morgan fingerprint density at radius 2 is 1.71 bits per heavy atom. The van der Waals surface area contributed by atoms with Crippen molar-refractivity contribution in [2.45, 2.75) is 19.4 Å². The predicted octanol–water partition coefficient (Wildman–Crippen LogP) is 3.47. The molecule has 2 amide bonds. The van der Waals surface area contributed by atoms with Crippen molar-refractivity contribution in [3.8, 4) is 11.1 Å². The van der Waals surface area contributed by atoms with Crippen molar-refractivity contribution < 1.29 is 28.8 Å². The molecule has 9 nitrogen and oxygen atoms in total. The van der Waals surface area contributed by atoms with Crippen molar-refractivity contribution >= 4 is 18.0 Å². The summed E-state index contributed by atoms with van der Waals surface area (Å²) >= 11 is 0. The van der Waals surface area contributed by atoms with Gasteiger partial charge in [0.1, 0.15) is 24.1 Å². The van der Waals surface area contributed by atoms with E-state index >= 15 is 0 Å². The highest BCUT2D eigenvalue weighted by Gasteiger charge is 2.29. The Kier molecular flexibility index (Phi) is 6.72. The average molecular weight is 461 g/mol. The topological polar surface area (TPSA) is 131 Å². The normalized spacial score (nSPS) is 12.6. The molecule has 0 saturated heterocycles. The largest absolute Gasteiger partial charge is 0.478 e. The quantitative estimate of drug-likeness (QED) is 0.438. The molecule has 0 saturated carbocycles. The molecule has 0 fully saturated rings. The molecule has 34 heavy (non-hydrogen) atoms. The number of amides is 2. The summed E-state index contributed by atoms with van der Waals surface area (Å²) in [5, 5.41) is 17.8. The first-order valence-corrected chi connectivity index (χ1v) is 10.7. The molecule has 1 aromatic heterocycles. The molecule has 3 N–H and O–H groups in total. The lowest BCUT2D eigenvalue weighted by atomic mass is 9.98. The van der Waals surface area contributed by atoms with Gasteiger partial charge in [0.05, 0.1) is 6.54 Å². The zero-order valence-electron chi connectivity index (χ0n) is 18.4. The van der Waals surface area contributed by atoms with Gasteiger partial charge in [-0.05, 0) is 29.2 Å². The van der Waals surface area contributed by atoms with E-state index in [4.69, 9.17) is 14.4 Å². The minimum absolute atomic E-state index is 0.0292. The lowest BCUT2D eigenvalue weighted by molar-refractivity contribution is -0.132. The molecule has 0 radical (unpaired) electrons. The van der Waals surface area contributed by atoms with E-state index in [1.165, 1.54) is 13.0 Å². The van der Waals surface area contributed by atoms with Crippen LogP contribution >= 0.6 is 0 Å². The fourth-order valence-electron chi connectivity index (χ4n) is 3.86. The number of hydrogen-bond donors (Lipinski definition) is 3. The van der Waals surface area contributed by atoms with Crippen molar-refractivity contribution in [1.29, 1.82) is 0 Å². The first-order valence-electron chi connectivity index (χ1n) is 10.7. The highest BCUT2D eigenvalue weighted by atomic mass is 16.5. The maximum atomic E-state index is 12.4. The van der Waals surface area contributed by atoms with Gasteiger partial charge in [0, 0.05) is 18.0 Å². The number of carbonyl (C=O) groups is 3. The van der Waals surface area contributed by atoms with Crippen LogP contribution < -0.4 is 10.6 Å². The predicted molar refractivity (Wildman–Crippen MR) is 122 cm³/mol. The number of carboxylic acid groups (broad SMARTS) is 1. The summed E-state index contributed by atoms with van der Waals surface area (Å²) in [6.07, 6.45) is 1.90. The zero-order chi connectivity index (χ0) is 24.1. The molecule has 0 spiro atoms. The summed E-state index contributed by atoms with van der Waals surface area (Å²) in [6, 6.07) is 16.1. The van der Waals surface area contributed by atoms with Gasteiger partial charge in [0.15, 0.2) is 0 Å². The number of nitrogens with zero attached hydrogens (tertiary/aromatic N) is 1. The molecule has 1 heterocycles. The minimum Gasteiger partial charge on any atom is -0.478 e. The maximum Gasteiger partial charge on any atom is 0.407 e. The Balaban J connectivity index is 1.32. The third kappa shape index (κ3) is 4.83. The van der Waals surface area contributed by atoms with E-state index in [9.17, 15) is 14.4 Å². The molecule has 9 heteroatoms. The van der Waals surface area contributed by atoms with Gasteiger partial charge in [-0.3, -0.25) is 4.79 Å². The smallest absolute Gasteiger partial charge is 0.407 e. The van der Waals surface area contributed by atoms with E-state index in [0.717, 1.165) is 28.5 Å². The number of ether oxygens (including phenoxy) is 1. The monoisotopic (exact) mass is 461 g/mol. The first-order chi connectivity index (χ1) is 16.5. The molecule has 2 aromatic carbocycles. The Morgan fingerprint density at radius 3 is 2.35 bits per heavy atom. The molecule has 0 unspecified atom stereocenters. The minimum atomic E-state index is -1.06. The second-order valence-corrected chi connectivity index (χ2v) is 7.76. The van der Waals surface area contributed by atoms with Crippen LogP contribution in [0.2, 0.25) is 0 Å². The molecule has 1 aliphatic carbocycles. The molecule has 174 valence electrons. The van der Waals surface area contributed by atoms with Gasteiger partial charge in [-0.15, -0.1) is 0 Å². The summed E-state index contributed by atoms with van der Waals surface area (Å²) in [6.45, 7) is 1.56. The van der Waals surface area contributed by atoms with Crippen LogP contribution in [-0.2, 0) is 16.1 Å². The van der Waals surface area contributed by atoms with Crippen molar-refractivity contribution in [3.05, 3.63) is 88.8 Å². The van der Waals surface area contributed by atoms with Crippen LogP contribution in [0, 0.1) is 0 Å². The molecule has 1 aliphatic rings. The third-order valence-corrected chi connectivity index (χ3v) is 5.64. The second kappa shape index (κ2) is 10.0. The summed E-state index contributed by atoms with van der Waals surface area (Å²) < 4.78 is 10.4. The number of carboxylic acids is 1. The third-order valence-electron chi connectivity index (χ3n) is 5.64. The number of carbonyl (C=O) groups excluding carboxylic acids is 2. The summed E-state index contributed by atoms with van der Waals surface area (Å²) in [5.41, 5.74) is 4.98. The van der Waals surface area contributed by atoms with Crippen LogP contribution in [0.25, 0.3) is 11.1 Å². The van der Waals surface area contributed by atoms with Crippen LogP contribution in [0.1, 0.15) is 40.0 Å². The van der Waals surface area contributed by atoms with E-state index in [1.807, 2.05) is 36.4 Å². The van der Waals surface area contributed by atoms with Gasteiger partial charge in [-0.1, -0.05) is 59.8 Å². The van der Waals surface area contributed by atoms with Crippen LogP contribution in [0.15, 0.2) is 71.0 Å². The van der Waals surface area contributed by atoms with E-state index in [-0.39, 0.29) is 42.4 Å². The van der Waals surface area contributed by atoms with Gasteiger partial charge >= 0.3 is 12.1 Å². The van der Waals surface area contributed by atoms with Crippen molar-refractivity contribution in [2.75, 3.05) is 13.2 Å². The van der Waals surface area contributed by atoms with Crippen molar-refractivity contribution in [1.82, 2.24) is 15.8 Å². The van der Waals surface area contributed by atoms with Crippen LogP contribution in [0.4, 0.5) is 4.79 Å². The molecule has 0 bridgehead atoms. The van der Waals surface area contributed by atoms with E-state index < -0.39 is 18.0 Å². The lowest BCUT2D eigenvalue weighted by Gasteiger charge is -2.14. The second-order valence-electron chi connectivity index (χ2n) is 7.76. The number of aromatic nitrogens is 1. The molecule has 4 rings (SSSR count). The van der Waals surface area contributed by atoms with E-state index in [0.29, 0.717) is 0 Å². The van der Waals surface area contributed by atoms with Gasteiger partial charge in [-0.25, -0.2) is 9.59 Å². The van der Waals surface area contributed by atoms with Gasteiger partial charge in [0.25, 0.3) is 5.91 Å². The molecule has 0 atom stereocenters. The Hall–Kier alpha value is -4.40. The van der Waals surface area contributed by atoms with Crippen molar-refractivity contribution in [2.24, 2.45) is 0 Å². The van der Waals surface area contributed by atoms with Gasteiger partial charge in [0.2, 0.25) is 0 Å². The SMILES string of the molecule is C/C(=C\CNC(=O)c1conc1CNC(=O)OCC1c2ccccc2-c2ccccc21)C(=O)O. The van der Waals surface area contributed by atoms with Crippen LogP contribution in [-0.4, -0.2) is 41.4 Å². The molecule has 0 aliphatic heterocycles. The van der Waals surface area contributed by atoms with Gasteiger partial charge in [-0.2, -0.15) is 0 Å². The summed E-state index contributed by atoms with van der Waals surface area (Å²) in [4.78, 5) is 35.5. The average Bonchev–Trinajstić information content (AvgIpc) is 3.44. The van der Waals surface area contributed by atoms with E-state index in [2.05, 4.69) is 27.9 Å². The number of aliphatic carboxylic acids is 1. The highest BCUT2D eigenvalue weighted by molar-refractivity contribution is 5.95. The number of nitrogens with one attached hydrogen (secondary N) is 2. The molecule has 3 aromatic rings. The highest BCUT2D eigenvalue weighted by Crippen LogP contribution is 2.44. The van der Waals surface area contributed by atoms with Gasteiger partial charge < -0.3 is 25.0 Å². The number of rotatable bonds is 8.